The van der Waals surface area contributed by atoms with Gasteiger partial charge >= 0.3 is 0 Å². The predicted octanol–water partition coefficient (Wildman–Crippen LogP) is 3.50. The fourth-order valence-corrected chi connectivity index (χ4v) is 2.09. The second-order valence-corrected chi connectivity index (χ2v) is 5.11. The zero-order valence-electron chi connectivity index (χ0n) is 12.5. The number of benzene rings is 2. The van der Waals surface area contributed by atoms with Crippen molar-refractivity contribution in [2.24, 2.45) is 0 Å². The minimum atomic E-state index is -0.0534. The molecule has 0 aromatic heterocycles. The van der Waals surface area contributed by atoms with Crippen LogP contribution in [0.2, 0.25) is 0 Å². The van der Waals surface area contributed by atoms with Gasteiger partial charge in [-0.05, 0) is 44.0 Å². The Kier molecular flexibility index (Phi) is 4.53. The lowest BCUT2D eigenvalue weighted by Crippen LogP contribution is -2.09. The molecule has 0 saturated carbocycles. The Bertz CT molecular complexity index is 687. The van der Waals surface area contributed by atoms with Crippen LogP contribution in [0.25, 0.3) is 0 Å². The maximum absolute atomic E-state index is 12.7. The standard InChI is InChI=1S/C18H18O3/c1-12-6-4-5-7-16(12)18(20)17-10-15(9-8-13(17)2)21-11-14(3)19/h4-10H,11H2,1-3H3. The SMILES string of the molecule is CC(=O)COc1ccc(C)c(C(=O)c2ccccc2C)c1. The fraction of sp³-hybridized carbons (Fsp3) is 0.222. The zero-order valence-corrected chi connectivity index (χ0v) is 12.5. The topological polar surface area (TPSA) is 43.4 Å². The van der Waals surface area contributed by atoms with Crippen LogP contribution in [0, 0.1) is 13.8 Å². The molecule has 0 radical (unpaired) electrons. The number of Topliss-reactive ketones (excluding diaryl/α,β-unsaturated/α-hetero) is 1. The second kappa shape index (κ2) is 6.35. The number of hydrogen-bond acceptors (Lipinski definition) is 3. The molecule has 0 fully saturated rings. The van der Waals surface area contributed by atoms with Gasteiger partial charge in [0, 0.05) is 11.1 Å². The third-order valence-corrected chi connectivity index (χ3v) is 3.29. The molecule has 2 aromatic rings. The quantitative estimate of drug-likeness (QED) is 0.788. The number of rotatable bonds is 5. The summed E-state index contributed by atoms with van der Waals surface area (Å²) in [6.45, 7) is 5.29. The lowest BCUT2D eigenvalue weighted by molar-refractivity contribution is -0.118. The number of carbonyl (C=O) groups is 2. The van der Waals surface area contributed by atoms with Gasteiger partial charge in [0.2, 0.25) is 0 Å². The Hall–Kier alpha value is -2.42. The van der Waals surface area contributed by atoms with E-state index in [0.717, 1.165) is 11.1 Å². The van der Waals surface area contributed by atoms with Gasteiger partial charge in [-0.2, -0.15) is 0 Å². The molecule has 0 amide bonds. The van der Waals surface area contributed by atoms with Gasteiger partial charge in [0.1, 0.15) is 12.4 Å². The maximum atomic E-state index is 12.7. The van der Waals surface area contributed by atoms with Gasteiger partial charge in [-0.25, -0.2) is 0 Å². The van der Waals surface area contributed by atoms with E-state index in [1.54, 1.807) is 12.1 Å². The summed E-state index contributed by atoms with van der Waals surface area (Å²) < 4.78 is 5.38. The van der Waals surface area contributed by atoms with Crippen molar-refractivity contribution >= 4 is 11.6 Å². The minimum Gasteiger partial charge on any atom is -0.486 e. The molecule has 0 saturated heterocycles. The van der Waals surface area contributed by atoms with Crippen LogP contribution >= 0.6 is 0 Å². The summed E-state index contributed by atoms with van der Waals surface area (Å²) in [6, 6.07) is 12.8. The van der Waals surface area contributed by atoms with Crippen LogP contribution in [-0.4, -0.2) is 18.2 Å². The average molecular weight is 282 g/mol. The molecule has 2 aromatic carbocycles. The number of ether oxygens (including phenoxy) is 1. The van der Waals surface area contributed by atoms with Gasteiger partial charge in [-0.3, -0.25) is 9.59 Å². The van der Waals surface area contributed by atoms with Crippen molar-refractivity contribution in [1.29, 1.82) is 0 Å². The number of hydrogen-bond donors (Lipinski definition) is 0. The first-order valence-corrected chi connectivity index (χ1v) is 6.82. The lowest BCUT2D eigenvalue weighted by atomic mass is 9.96. The van der Waals surface area contributed by atoms with Gasteiger partial charge in [-0.15, -0.1) is 0 Å². The molecule has 0 aliphatic carbocycles. The van der Waals surface area contributed by atoms with E-state index in [1.165, 1.54) is 6.92 Å². The smallest absolute Gasteiger partial charge is 0.193 e. The molecule has 0 N–H and O–H groups in total. The van der Waals surface area contributed by atoms with Crippen molar-refractivity contribution in [3.8, 4) is 5.75 Å². The summed E-state index contributed by atoms with van der Waals surface area (Å²) in [5.41, 5.74) is 3.12. The van der Waals surface area contributed by atoms with E-state index in [2.05, 4.69) is 0 Å². The summed E-state index contributed by atoms with van der Waals surface area (Å²) in [7, 11) is 0. The molecule has 0 aliphatic rings. The summed E-state index contributed by atoms with van der Waals surface area (Å²) in [4.78, 5) is 23.6. The summed E-state index contributed by atoms with van der Waals surface area (Å²) >= 11 is 0. The number of aryl methyl sites for hydroxylation is 2. The molecular formula is C18H18O3. The van der Waals surface area contributed by atoms with Crippen molar-refractivity contribution in [2.75, 3.05) is 6.61 Å². The third-order valence-electron chi connectivity index (χ3n) is 3.29. The van der Waals surface area contributed by atoms with Gasteiger partial charge in [0.25, 0.3) is 0 Å². The highest BCUT2D eigenvalue weighted by Gasteiger charge is 2.14. The van der Waals surface area contributed by atoms with E-state index in [-0.39, 0.29) is 18.2 Å². The first kappa shape index (κ1) is 15.0. The molecule has 0 atom stereocenters. The lowest BCUT2D eigenvalue weighted by Gasteiger charge is -2.10. The highest BCUT2D eigenvalue weighted by molar-refractivity contribution is 6.10. The highest BCUT2D eigenvalue weighted by Crippen LogP contribution is 2.22. The van der Waals surface area contributed by atoms with Gasteiger partial charge in [0.15, 0.2) is 11.6 Å². The predicted molar refractivity (Wildman–Crippen MR) is 82.0 cm³/mol. The molecule has 0 spiro atoms. The molecular weight excluding hydrogens is 264 g/mol. The van der Waals surface area contributed by atoms with Crippen LogP contribution in [0.5, 0.6) is 5.75 Å². The van der Waals surface area contributed by atoms with E-state index in [0.29, 0.717) is 16.9 Å². The Labute approximate surface area is 124 Å². The maximum Gasteiger partial charge on any atom is 0.193 e. The normalized spacial score (nSPS) is 10.2. The van der Waals surface area contributed by atoms with Gasteiger partial charge in [-0.1, -0.05) is 30.3 Å². The number of ketones is 2. The van der Waals surface area contributed by atoms with Crippen molar-refractivity contribution in [3.05, 3.63) is 64.7 Å². The van der Waals surface area contributed by atoms with E-state index in [1.807, 2.05) is 44.2 Å². The van der Waals surface area contributed by atoms with Crippen LogP contribution in [0.4, 0.5) is 0 Å². The van der Waals surface area contributed by atoms with Crippen LogP contribution in [0.15, 0.2) is 42.5 Å². The van der Waals surface area contributed by atoms with Crippen LogP contribution < -0.4 is 4.74 Å². The van der Waals surface area contributed by atoms with E-state index in [9.17, 15) is 9.59 Å². The molecule has 108 valence electrons. The molecule has 3 nitrogen and oxygen atoms in total. The van der Waals surface area contributed by atoms with Crippen LogP contribution in [0.3, 0.4) is 0 Å². The first-order chi connectivity index (χ1) is 9.99. The molecule has 2 rings (SSSR count). The third kappa shape index (κ3) is 3.57. The molecule has 0 heterocycles. The second-order valence-electron chi connectivity index (χ2n) is 5.11. The van der Waals surface area contributed by atoms with E-state index < -0.39 is 0 Å². The summed E-state index contributed by atoms with van der Waals surface area (Å²) in [6.07, 6.45) is 0. The largest absolute Gasteiger partial charge is 0.486 e. The Morgan fingerprint density at radius 2 is 1.62 bits per heavy atom. The Balaban J connectivity index is 2.34. The van der Waals surface area contributed by atoms with E-state index in [4.69, 9.17) is 4.74 Å². The summed E-state index contributed by atoms with van der Waals surface area (Å²) in [5, 5.41) is 0. The van der Waals surface area contributed by atoms with Crippen LogP contribution in [-0.2, 0) is 4.79 Å². The van der Waals surface area contributed by atoms with Gasteiger partial charge < -0.3 is 4.74 Å². The first-order valence-electron chi connectivity index (χ1n) is 6.82. The van der Waals surface area contributed by atoms with Gasteiger partial charge in [0.05, 0.1) is 0 Å². The fourth-order valence-electron chi connectivity index (χ4n) is 2.09. The number of carbonyl (C=O) groups excluding carboxylic acids is 2. The van der Waals surface area contributed by atoms with Crippen LogP contribution in [0.1, 0.15) is 34.0 Å². The minimum absolute atomic E-state index is 0.0149. The Morgan fingerprint density at radius 3 is 2.29 bits per heavy atom. The van der Waals surface area contributed by atoms with Crippen molar-refractivity contribution in [1.82, 2.24) is 0 Å². The molecule has 0 bridgehead atoms. The van der Waals surface area contributed by atoms with Crippen molar-refractivity contribution in [2.45, 2.75) is 20.8 Å². The summed E-state index contributed by atoms with van der Waals surface area (Å²) in [5.74, 6) is 0.453. The van der Waals surface area contributed by atoms with Crippen molar-refractivity contribution in [3.63, 3.8) is 0 Å². The Morgan fingerprint density at radius 1 is 0.952 bits per heavy atom. The van der Waals surface area contributed by atoms with Crippen molar-refractivity contribution < 1.29 is 14.3 Å². The monoisotopic (exact) mass is 282 g/mol. The average Bonchev–Trinajstić information content (AvgIpc) is 2.46. The molecule has 0 aliphatic heterocycles. The highest BCUT2D eigenvalue weighted by atomic mass is 16.5. The molecule has 21 heavy (non-hydrogen) atoms. The molecule has 0 unspecified atom stereocenters. The zero-order chi connectivity index (χ0) is 15.4. The van der Waals surface area contributed by atoms with E-state index >= 15 is 0 Å². The molecule has 3 heteroatoms.